The van der Waals surface area contributed by atoms with E-state index in [2.05, 4.69) is 15.7 Å². The van der Waals surface area contributed by atoms with Gasteiger partial charge in [0.1, 0.15) is 5.75 Å². The van der Waals surface area contributed by atoms with Gasteiger partial charge in [-0.2, -0.15) is 0 Å². The predicted octanol–water partition coefficient (Wildman–Crippen LogP) is 1.94. The van der Waals surface area contributed by atoms with Gasteiger partial charge in [0, 0.05) is 30.5 Å². The number of nitrogens with zero attached hydrogens (tertiary/aromatic N) is 1. The summed E-state index contributed by atoms with van der Waals surface area (Å²) in [6.07, 6.45) is 0.884. The van der Waals surface area contributed by atoms with E-state index in [0.29, 0.717) is 6.54 Å². The number of rotatable bonds is 7. The third-order valence-electron chi connectivity index (χ3n) is 2.72. The van der Waals surface area contributed by atoms with Crippen molar-refractivity contribution < 1.29 is 9.84 Å². The van der Waals surface area contributed by atoms with Crippen molar-refractivity contribution >= 4 is 11.3 Å². The Morgan fingerprint density at radius 1 is 1.37 bits per heavy atom. The Labute approximate surface area is 117 Å². The Hall–Kier alpha value is -1.43. The average Bonchev–Trinajstić information content (AvgIpc) is 2.92. The first-order valence-corrected chi connectivity index (χ1v) is 7.12. The molecular formula is C14H18N2O2S. The van der Waals surface area contributed by atoms with Crippen molar-refractivity contribution in [3.8, 4) is 17.0 Å². The van der Waals surface area contributed by atoms with Crippen molar-refractivity contribution in [1.82, 2.24) is 10.3 Å². The van der Waals surface area contributed by atoms with Gasteiger partial charge in [-0.3, -0.25) is 0 Å². The summed E-state index contributed by atoms with van der Waals surface area (Å²) in [7, 11) is 1.67. The van der Waals surface area contributed by atoms with E-state index >= 15 is 0 Å². The summed E-state index contributed by atoms with van der Waals surface area (Å²) >= 11 is 1.66. The second kappa shape index (κ2) is 7.23. The Bertz CT molecular complexity index is 514. The summed E-state index contributed by atoms with van der Waals surface area (Å²) in [5.41, 5.74) is 2.06. The van der Waals surface area contributed by atoms with E-state index in [0.717, 1.165) is 35.0 Å². The SMILES string of the molecule is COc1cccc(-c2csc(CCNCCO)n2)c1. The molecule has 2 N–H and O–H groups in total. The molecule has 102 valence electrons. The van der Waals surface area contributed by atoms with Gasteiger partial charge in [0.15, 0.2) is 0 Å². The number of aliphatic hydroxyl groups is 1. The van der Waals surface area contributed by atoms with Gasteiger partial charge >= 0.3 is 0 Å². The molecule has 5 heteroatoms. The predicted molar refractivity (Wildman–Crippen MR) is 77.8 cm³/mol. The number of nitrogens with one attached hydrogen (secondary N) is 1. The number of ether oxygens (including phenoxy) is 1. The Morgan fingerprint density at radius 3 is 3.05 bits per heavy atom. The molecular weight excluding hydrogens is 260 g/mol. The summed E-state index contributed by atoms with van der Waals surface area (Å²) in [6, 6.07) is 7.92. The van der Waals surface area contributed by atoms with Gasteiger partial charge in [0.2, 0.25) is 0 Å². The lowest BCUT2D eigenvalue weighted by Crippen LogP contribution is -2.20. The van der Waals surface area contributed by atoms with Gasteiger partial charge in [-0.25, -0.2) is 4.98 Å². The van der Waals surface area contributed by atoms with Gasteiger partial charge in [-0.05, 0) is 12.1 Å². The molecule has 0 atom stereocenters. The zero-order valence-corrected chi connectivity index (χ0v) is 11.7. The molecule has 0 bridgehead atoms. The number of thiazole rings is 1. The fourth-order valence-electron chi connectivity index (χ4n) is 1.74. The second-order valence-corrected chi connectivity index (χ2v) is 5.02. The number of hydrogen-bond acceptors (Lipinski definition) is 5. The van der Waals surface area contributed by atoms with Crippen molar-refractivity contribution in [3.63, 3.8) is 0 Å². The van der Waals surface area contributed by atoms with Crippen molar-refractivity contribution in [3.05, 3.63) is 34.7 Å². The summed E-state index contributed by atoms with van der Waals surface area (Å²) in [5.74, 6) is 0.844. The molecule has 2 aromatic rings. The third kappa shape index (κ3) is 4.02. The molecule has 1 aromatic heterocycles. The van der Waals surface area contributed by atoms with Crippen LogP contribution < -0.4 is 10.1 Å². The average molecular weight is 278 g/mol. The largest absolute Gasteiger partial charge is 0.497 e. The van der Waals surface area contributed by atoms with Crippen LogP contribution in [-0.4, -0.2) is 36.9 Å². The van der Waals surface area contributed by atoms with Crippen LogP contribution in [0.1, 0.15) is 5.01 Å². The zero-order chi connectivity index (χ0) is 13.5. The van der Waals surface area contributed by atoms with Crippen LogP contribution in [-0.2, 0) is 6.42 Å². The normalized spacial score (nSPS) is 10.6. The number of methoxy groups -OCH3 is 1. The maximum Gasteiger partial charge on any atom is 0.119 e. The second-order valence-electron chi connectivity index (χ2n) is 4.08. The van der Waals surface area contributed by atoms with Gasteiger partial charge in [-0.15, -0.1) is 11.3 Å². The highest BCUT2D eigenvalue weighted by Gasteiger charge is 2.05. The van der Waals surface area contributed by atoms with Crippen LogP contribution in [0.25, 0.3) is 11.3 Å². The number of hydrogen-bond donors (Lipinski definition) is 2. The lowest BCUT2D eigenvalue weighted by Gasteiger charge is -2.01. The molecule has 0 saturated carbocycles. The lowest BCUT2D eigenvalue weighted by molar-refractivity contribution is 0.293. The van der Waals surface area contributed by atoms with E-state index in [1.54, 1.807) is 18.4 Å². The first-order valence-electron chi connectivity index (χ1n) is 6.24. The van der Waals surface area contributed by atoms with Crippen LogP contribution in [0.5, 0.6) is 5.75 Å². The van der Waals surface area contributed by atoms with Crippen molar-refractivity contribution in [2.45, 2.75) is 6.42 Å². The summed E-state index contributed by atoms with van der Waals surface area (Å²) in [5, 5.41) is 15.0. The van der Waals surface area contributed by atoms with Crippen LogP contribution in [0.2, 0.25) is 0 Å². The Morgan fingerprint density at radius 2 is 2.26 bits per heavy atom. The molecule has 0 unspecified atom stereocenters. The van der Waals surface area contributed by atoms with Crippen LogP contribution in [0.3, 0.4) is 0 Å². The third-order valence-corrected chi connectivity index (χ3v) is 3.63. The molecule has 0 fully saturated rings. The molecule has 0 spiro atoms. The van der Waals surface area contributed by atoms with Crippen molar-refractivity contribution in [2.24, 2.45) is 0 Å². The smallest absolute Gasteiger partial charge is 0.119 e. The molecule has 1 heterocycles. The first kappa shape index (κ1) is 14.0. The number of benzene rings is 1. The van der Waals surface area contributed by atoms with Gasteiger partial charge in [-0.1, -0.05) is 12.1 Å². The number of aromatic nitrogens is 1. The van der Waals surface area contributed by atoms with E-state index < -0.39 is 0 Å². The van der Waals surface area contributed by atoms with E-state index in [1.165, 1.54) is 0 Å². The van der Waals surface area contributed by atoms with Gasteiger partial charge in [0.05, 0.1) is 24.4 Å². The monoisotopic (exact) mass is 278 g/mol. The topological polar surface area (TPSA) is 54.4 Å². The van der Waals surface area contributed by atoms with E-state index in [9.17, 15) is 0 Å². The molecule has 0 aliphatic carbocycles. The highest BCUT2D eigenvalue weighted by atomic mass is 32.1. The van der Waals surface area contributed by atoms with Crippen LogP contribution in [0.4, 0.5) is 0 Å². The molecule has 0 aliphatic heterocycles. The Balaban J connectivity index is 1.99. The maximum atomic E-state index is 8.68. The molecule has 4 nitrogen and oxygen atoms in total. The quantitative estimate of drug-likeness (QED) is 0.760. The minimum Gasteiger partial charge on any atom is -0.497 e. The molecule has 19 heavy (non-hydrogen) atoms. The molecule has 0 aliphatic rings. The molecule has 0 amide bonds. The lowest BCUT2D eigenvalue weighted by atomic mass is 10.2. The highest BCUT2D eigenvalue weighted by Crippen LogP contribution is 2.25. The fourth-order valence-corrected chi connectivity index (χ4v) is 2.55. The van der Waals surface area contributed by atoms with E-state index in [-0.39, 0.29) is 6.61 Å². The van der Waals surface area contributed by atoms with E-state index in [4.69, 9.17) is 9.84 Å². The van der Waals surface area contributed by atoms with Crippen LogP contribution in [0, 0.1) is 0 Å². The summed E-state index contributed by atoms with van der Waals surface area (Å²) in [6.45, 7) is 1.65. The Kier molecular flexibility index (Phi) is 5.32. The standard InChI is InChI=1S/C14H18N2O2S/c1-18-12-4-2-3-11(9-12)13-10-19-14(16-13)5-6-15-7-8-17/h2-4,9-10,15,17H,5-8H2,1H3. The molecule has 0 saturated heterocycles. The number of aliphatic hydroxyl groups excluding tert-OH is 1. The maximum absolute atomic E-state index is 8.68. The minimum atomic E-state index is 0.174. The summed E-state index contributed by atoms with van der Waals surface area (Å²) in [4.78, 5) is 4.61. The van der Waals surface area contributed by atoms with Crippen LogP contribution in [0.15, 0.2) is 29.6 Å². The van der Waals surface area contributed by atoms with Crippen molar-refractivity contribution in [2.75, 3.05) is 26.8 Å². The highest BCUT2D eigenvalue weighted by molar-refractivity contribution is 7.09. The summed E-state index contributed by atoms with van der Waals surface area (Å²) < 4.78 is 5.22. The minimum absolute atomic E-state index is 0.174. The molecule has 2 rings (SSSR count). The van der Waals surface area contributed by atoms with Crippen LogP contribution >= 0.6 is 11.3 Å². The van der Waals surface area contributed by atoms with Crippen molar-refractivity contribution in [1.29, 1.82) is 0 Å². The zero-order valence-electron chi connectivity index (χ0n) is 10.9. The van der Waals surface area contributed by atoms with Gasteiger partial charge in [0.25, 0.3) is 0 Å². The molecule has 1 aromatic carbocycles. The first-order chi connectivity index (χ1) is 9.33. The van der Waals surface area contributed by atoms with Gasteiger partial charge < -0.3 is 15.2 Å². The fraction of sp³-hybridized carbons (Fsp3) is 0.357. The molecule has 0 radical (unpaired) electrons. The van der Waals surface area contributed by atoms with E-state index in [1.807, 2.05) is 24.3 Å².